The Labute approximate surface area is 194 Å². The van der Waals surface area contributed by atoms with E-state index in [1.807, 2.05) is 52.9 Å². The highest BCUT2D eigenvalue weighted by molar-refractivity contribution is 5.76. The van der Waals surface area contributed by atoms with Gasteiger partial charge in [-0.2, -0.15) is 5.10 Å². The average molecular weight is 451 g/mol. The Balaban J connectivity index is 1.29. The number of methoxy groups -OCH3 is 1. The molecule has 174 valence electrons. The number of para-hydroxylation sites is 1. The zero-order chi connectivity index (χ0) is 23.4. The van der Waals surface area contributed by atoms with Gasteiger partial charge in [0.1, 0.15) is 0 Å². The van der Waals surface area contributed by atoms with Gasteiger partial charge in [-0.15, -0.1) is 0 Å². The number of hydrogen-bond acceptors (Lipinski definition) is 4. The molecule has 0 saturated carbocycles. The van der Waals surface area contributed by atoms with Gasteiger partial charge >= 0.3 is 0 Å². The van der Waals surface area contributed by atoms with Gasteiger partial charge in [0.05, 0.1) is 18.5 Å². The van der Waals surface area contributed by atoms with Crippen molar-refractivity contribution in [1.29, 1.82) is 0 Å². The minimum absolute atomic E-state index is 0.177. The van der Waals surface area contributed by atoms with Crippen LogP contribution in [-0.2, 0) is 17.8 Å². The second-order valence-corrected chi connectivity index (χ2v) is 8.52. The number of aryl methyl sites for hydroxylation is 1. The fourth-order valence-electron chi connectivity index (χ4n) is 4.47. The number of aromatic nitrogens is 2. The summed E-state index contributed by atoms with van der Waals surface area (Å²) in [4.78, 5) is 17.1. The van der Waals surface area contributed by atoms with E-state index in [9.17, 15) is 9.18 Å². The first-order valence-corrected chi connectivity index (χ1v) is 11.4. The SMILES string of the molecule is COc1ccc(CN2CCN(C(=O)CCc3c(C)nn(-c4ccccc4)c3C)CC2)cc1F. The second-order valence-electron chi connectivity index (χ2n) is 8.52. The largest absolute Gasteiger partial charge is 0.494 e. The van der Waals surface area contributed by atoms with Crippen LogP contribution in [0.25, 0.3) is 5.69 Å². The Hall–Kier alpha value is -3.19. The fourth-order valence-corrected chi connectivity index (χ4v) is 4.47. The molecule has 1 aromatic heterocycles. The predicted molar refractivity (Wildman–Crippen MR) is 126 cm³/mol. The molecule has 1 aliphatic rings. The molecule has 0 bridgehead atoms. The zero-order valence-corrected chi connectivity index (χ0v) is 19.6. The first-order chi connectivity index (χ1) is 16.0. The van der Waals surface area contributed by atoms with Gasteiger partial charge in [0.15, 0.2) is 11.6 Å². The first kappa shape index (κ1) is 23.0. The first-order valence-electron chi connectivity index (χ1n) is 11.4. The molecule has 1 saturated heterocycles. The number of halogens is 1. The van der Waals surface area contributed by atoms with Crippen molar-refractivity contribution in [2.24, 2.45) is 0 Å². The summed E-state index contributed by atoms with van der Waals surface area (Å²) in [6.07, 6.45) is 1.17. The monoisotopic (exact) mass is 450 g/mol. The van der Waals surface area contributed by atoms with E-state index in [4.69, 9.17) is 4.74 Å². The lowest BCUT2D eigenvalue weighted by molar-refractivity contribution is -0.133. The van der Waals surface area contributed by atoms with E-state index >= 15 is 0 Å². The number of carbonyl (C=O) groups is 1. The van der Waals surface area contributed by atoms with Gasteiger partial charge in [-0.25, -0.2) is 9.07 Å². The topological polar surface area (TPSA) is 50.6 Å². The third-order valence-corrected chi connectivity index (χ3v) is 6.38. The molecule has 0 unspecified atom stereocenters. The molecule has 2 aromatic carbocycles. The Kier molecular flexibility index (Phi) is 7.08. The lowest BCUT2D eigenvalue weighted by Gasteiger charge is -2.35. The number of rotatable bonds is 7. The standard InChI is InChI=1S/C26H31FN4O2/c1-19-23(20(2)31(28-19)22-7-5-4-6-8-22)10-12-26(32)30-15-13-29(14-16-30)18-21-9-11-25(33-3)24(27)17-21/h4-9,11,17H,10,12-16,18H2,1-3H3. The molecule has 0 aliphatic carbocycles. The van der Waals surface area contributed by atoms with Crippen molar-refractivity contribution in [3.8, 4) is 11.4 Å². The Bertz CT molecular complexity index is 1100. The normalized spacial score (nSPS) is 14.5. The molecular weight excluding hydrogens is 419 g/mol. The maximum Gasteiger partial charge on any atom is 0.222 e. The van der Waals surface area contributed by atoms with Crippen LogP contribution in [0.3, 0.4) is 0 Å². The van der Waals surface area contributed by atoms with Crippen LogP contribution in [0, 0.1) is 19.7 Å². The summed E-state index contributed by atoms with van der Waals surface area (Å²) < 4.78 is 20.9. The van der Waals surface area contributed by atoms with Crippen molar-refractivity contribution in [2.75, 3.05) is 33.3 Å². The highest BCUT2D eigenvalue weighted by Crippen LogP contribution is 2.21. The molecule has 3 aromatic rings. The number of nitrogens with zero attached hydrogens (tertiary/aromatic N) is 4. The van der Waals surface area contributed by atoms with Gasteiger partial charge in [0.25, 0.3) is 0 Å². The highest BCUT2D eigenvalue weighted by atomic mass is 19.1. The van der Waals surface area contributed by atoms with Gasteiger partial charge in [0, 0.05) is 44.8 Å². The minimum Gasteiger partial charge on any atom is -0.494 e. The summed E-state index contributed by atoms with van der Waals surface area (Å²) in [7, 11) is 1.46. The Morgan fingerprint density at radius 2 is 1.79 bits per heavy atom. The van der Waals surface area contributed by atoms with Crippen LogP contribution >= 0.6 is 0 Å². The van der Waals surface area contributed by atoms with Crippen LogP contribution in [0.4, 0.5) is 4.39 Å². The van der Waals surface area contributed by atoms with Crippen LogP contribution in [0.1, 0.15) is 28.9 Å². The van der Waals surface area contributed by atoms with Gasteiger partial charge in [-0.1, -0.05) is 24.3 Å². The molecule has 0 N–H and O–H groups in total. The zero-order valence-electron chi connectivity index (χ0n) is 19.6. The lowest BCUT2D eigenvalue weighted by Crippen LogP contribution is -2.48. The van der Waals surface area contributed by atoms with Crippen molar-refractivity contribution in [2.45, 2.75) is 33.2 Å². The van der Waals surface area contributed by atoms with Crippen molar-refractivity contribution >= 4 is 5.91 Å². The van der Waals surface area contributed by atoms with Crippen molar-refractivity contribution in [1.82, 2.24) is 19.6 Å². The number of ether oxygens (including phenoxy) is 1. The van der Waals surface area contributed by atoms with Gasteiger partial charge in [-0.05, 0) is 55.7 Å². The molecular formula is C26H31FN4O2. The predicted octanol–water partition coefficient (Wildman–Crippen LogP) is 3.91. The number of amides is 1. The van der Waals surface area contributed by atoms with Gasteiger partial charge in [-0.3, -0.25) is 9.69 Å². The second kappa shape index (κ2) is 10.2. The number of carbonyl (C=O) groups excluding carboxylic acids is 1. The highest BCUT2D eigenvalue weighted by Gasteiger charge is 2.22. The maximum atomic E-state index is 13.9. The van der Waals surface area contributed by atoms with Crippen LogP contribution < -0.4 is 4.74 Å². The molecule has 0 atom stereocenters. The summed E-state index contributed by atoms with van der Waals surface area (Å²) in [5, 5.41) is 4.69. The van der Waals surface area contributed by atoms with Crippen molar-refractivity contribution in [3.63, 3.8) is 0 Å². The third-order valence-electron chi connectivity index (χ3n) is 6.38. The maximum absolute atomic E-state index is 13.9. The van der Waals surface area contributed by atoms with Gasteiger partial charge < -0.3 is 9.64 Å². The molecule has 0 spiro atoms. The molecule has 6 nitrogen and oxygen atoms in total. The van der Waals surface area contributed by atoms with E-state index in [1.54, 1.807) is 6.07 Å². The minimum atomic E-state index is -0.343. The van der Waals surface area contributed by atoms with Crippen LogP contribution in [-0.4, -0.2) is 58.8 Å². The summed E-state index contributed by atoms with van der Waals surface area (Å²) in [6, 6.07) is 15.1. The van der Waals surface area contributed by atoms with Crippen LogP contribution in [0.15, 0.2) is 48.5 Å². The number of hydrogen-bond donors (Lipinski definition) is 0. The molecule has 33 heavy (non-hydrogen) atoms. The fraction of sp³-hybridized carbons (Fsp3) is 0.385. The quantitative estimate of drug-likeness (QED) is 0.548. The average Bonchev–Trinajstić information content (AvgIpc) is 3.12. The molecule has 0 radical (unpaired) electrons. The third kappa shape index (κ3) is 5.25. The summed E-state index contributed by atoms with van der Waals surface area (Å²) in [5.41, 5.74) is 5.15. The van der Waals surface area contributed by atoms with Crippen LogP contribution in [0.5, 0.6) is 5.75 Å². The van der Waals surface area contributed by atoms with E-state index in [0.29, 0.717) is 32.5 Å². The van der Waals surface area contributed by atoms with E-state index in [1.165, 1.54) is 13.2 Å². The molecule has 2 heterocycles. The molecule has 1 fully saturated rings. The molecule has 1 aliphatic heterocycles. The van der Waals surface area contributed by atoms with E-state index in [0.717, 1.165) is 41.3 Å². The van der Waals surface area contributed by atoms with Crippen molar-refractivity contribution < 1.29 is 13.9 Å². The molecule has 4 rings (SSSR count). The van der Waals surface area contributed by atoms with Crippen molar-refractivity contribution in [3.05, 3.63) is 76.9 Å². The summed E-state index contributed by atoms with van der Waals surface area (Å²) >= 11 is 0. The Morgan fingerprint density at radius 1 is 1.06 bits per heavy atom. The van der Waals surface area contributed by atoms with E-state index in [2.05, 4.69) is 16.9 Å². The molecule has 7 heteroatoms. The lowest BCUT2D eigenvalue weighted by atomic mass is 10.1. The van der Waals surface area contributed by atoms with E-state index in [-0.39, 0.29) is 17.5 Å². The summed E-state index contributed by atoms with van der Waals surface area (Å²) in [5.74, 6) is 0.0929. The smallest absolute Gasteiger partial charge is 0.222 e. The van der Waals surface area contributed by atoms with E-state index < -0.39 is 0 Å². The van der Waals surface area contributed by atoms with Crippen LogP contribution in [0.2, 0.25) is 0 Å². The number of benzene rings is 2. The Morgan fingerprint density at radius 3 is 2.45 bits per heavy atom. The number of piperazine rings is 1. The molecule has 1 amide bonds. The van der Waals surface area contributed by atoms with Gasteiger partial charge in [0.2, 0.25) is 5.91 Å². The summed E-state index contributed by atoms with van der Waals surface area (Å²) in [6.45, 7) is 7.69.